The summed E-state index contributed by atoms with van der Waals surface area (Å²) in [5.74, 6) is 0.713. The molecule has 118 valence electrons. The summed E-state index contributed by atoms with van der Waals surface area (Å²) in [6.45, 7) is 6.64. The van der Waals surface area contributed by atoms with Gasteiger partial charge in [0.05, 0.1) is 0 Å². The predicted molar refractivity (Wildman–Crippen MR) is 88.1 cm³/mol. The Kier molecular flexibility index (Phi) is 3.96. The second-order valence-electron chi connectivity index (χ2n) is 6.47. The van der Waals surface area contributed by atoms with E-state index in [0.717, 1.165) is 46.9 Å². The van der Waals surface area contributed by atoms with Crippen LogP contribution in [-0.2, 0) is 0 Å². The van der Waals surface area contributed by atoms with Crippen molar-refractivity contribution in [2.24, 2.45) is 11.7 Å². The number of hydrogen-bond acceptors (Lipinski definition) is 3. The first-order chi connectivity index (χ1) is 10.5. The first-order valence-corrected chi connectivity index (χ1v) is 8.03. The number of rotatable bonds is 3. The van der Waals surface area contributed by atoms with E-state index in [2.05, 4.69) is 11.4 Å². The molecule has 0 spiro atoms. The molecule has 1 fully saturated rings. The summed E-state index contributed by atoms with van der Waals surface area (Å²) in [6.07, 6.45) is 3.23. The highest BCUT2D eigenvalue weighted by Crippen LogP contribution is 2.31. The Bertz CT molecular complexity index is 717. The number of benzene rings is 1. The average molecular weight is 300 g/mol. The maximum Gasteiger partial charge on any atom is 0.287 e. The van der Waals surface area contributed by atoms with E-state index in [4.69, 9.17) is 10.2 Å². The van der Waals surface area contributed by atoms with E-state index >= 15 is 0 Å². The smallest absolute Gasteiger partial charge is 0.287 e. The van der Waals surface area contributed by atoms with E-state index in [-0.39, 0.29) is 11.9 Å². The van der Waals surface area contributed by atoms with Gasteiger partial charge in [-0.05, 0) is 57.2 Å². The van der Waals surface area contributed by atoms with E-state index in [0.29, 0.717) is 18.2 Å². The third-order valence-corrected chi connectivity index (χ3v) is 4.97. The second kappa shape index (κ2) is 5.76. The molecule has 0 saturated heterocycles. The third-order valence-electron chi connectivity index (χ3n) is 4.97. The van der Waals surface area contributed by atoms with Crippen molar-refractivity contribution in [2.75, 3.05) is 6.54 Å². The highest BCUT2D eigenvalue weighted by atomic mass is 16.3. The van der Waals surface area contributed by atoms with Gasteiger partial charge >= 0.3 is 0 Å². The molecule has 1 aromatic carbocycles. The zero-order valence-corrected chi connectivity index (χ0v) is 13.5. The summed E-state index contributed by atoms with van der Waals surface area (Å²) in [7, 11) is 0. The molecule has 1 aromatic heterocycles. The molecular weight excluding hydrogens is 276 g/mol. The number of carbonyl (C=O) groups excluding carboxylic acids is 1. The normalized spacial score (nSPS) is 21.5. The van der Waals surface area contributed by atoms with E-state index in [1.807, 2.05) is 26.8 Å². The Morgan fingerprint density at radius 2 is 2.00 bits per heavy atom. The van der Waals surface area contributed by atoms with Crippen molar-refractivity contribution in [3.8, 4) is 0 Å². The molecule has 3 rings (SSSR count). The van der Waals surface area contributed by atoms with Crippen LogP contribution in [0, 0.1) is 26.7 Å². The standard InChI is InChI=1S/C18H24N2O2/c1-10-7-8-11(2)16-15(10)12(3)17(22-16)18(21)20-14-6-4-5-13(14)9-19/h7-8,13-14H,4-6,9,19H2,1-3H3,(H,20,21). The van der Waals surface area contributed by atoms with Crippen molar-refractivity contribution >= 4 is 16.9 Å². The van der Waals surface area contributed by atoms with Crippen LogP contribution in [0.15, 0.2) is 16.5 Å². The van der Waals surface area contributed by atoms with Crippen molar-refractivity contribution < 1.29 is 9.21 Å². The van der Waals surface area contributed by atoms with Crippen LogP contribution in [0.25, 0.3) is 11.0 Å². The molecule has 4 nitrogen and oxygen atoms in total. The SMILES string of the molecule is Cc1ccc(C)c2c(C)c(C(=O)NC3CCCC3CN)oc12. The largest absolute Gasteiger partial charge is 0.450 e. The van der Waals surface area contributed by atoms with Gasteiger partial charge in [-0.2, -0.15) is 0 Å². The summed E-state index contributed by atoms with van der Waals surface area (Å²) in [6, 6.07) is 4.28. The molecule has 1 heterocycles. The van der Waals surface area contributed by atoms with E-state index < -0.39 is 0 Å². The first kappa shape index (κ1) is 15.1. The van der Waals surface area contributed by atoms with Gasteiger partial charge in [-0.15, -0.1) is 0 Å². The van der Waals surface area contributed by atoms with Crippen LogP contribution in [0.3, 0.4) is 0 Å². The Balaban J connectivity index is 1.93. The van der Waals surface area contributed by atoms with Crippen LogP contribution in [0.4, 0.5) is 0 Å². The lowest BCUT2D eigenvalue weighted by Gasteiger charge is -2.18. The van der Waals surface area contributed by atoms with Crippen LogP contribution in [0.2, 0.25) is 0 Å². The van der Waals surface area contributed by atoms with Gasteiger partial charge in [0.2, 0.25) is 0 Å². The molecule has 1 aliphatic rings. The number of fused-ring (bicyclic) bond motifs is 1. The van der Waals surface area contributed by atoms with E-state index in [9.17, 15) is 4.79 Å². The molecular formula is C18H24N2O2. The monoisotopic (exact) mass is 300 g/mol. The topological polar surface area (TPSA) is 68.3 Å². The molecule has 4 heteroatoms. The fourth-order valence-corrected chi connectivity index (χ4v) is 3.63. The fraction of sp³-hybridized carbons (Fsp3) is 0.500. The number of aryl methyl sites for hydroxylation is 3. The molecule has 3 N–H and O–H groups in total. The summed E-state index contributed by atoms with van der Waals surface area (Å²) in [4.78, 5) is 12.6. The molecule has 0 aliphatic heterocycles. The number of furan rings is 1. The van der Waals surface area contributed by atoms with Crippen molar-refractivity contribution in [3.63, 3.8) is 0 Å². The summed E-state index contributed by atoms with van der Waals surface area (Å²) < 4.78 is 5.91. The van der Waals surface area contributed by atoms with Crippen molar-refractivity contribution in [3.05, 3.63) is 34.6 Å². The quantitative estimate of drug-likeness (QED) is 0.914. The van der Waals surface area contributed by atoms with Gasteiger partial charge in [0.1, 0.15) is 5.58 Å². The van der Waals surface area contributed by atoms with E-state index in [1.165, 1.54) is 0 Å². The number of carbonyl (C=O) groups is 1. The van der Waals surface area contributed by atoms with Crippen molar-refractivity contribution in [1.82, 2.24) is 5.32 Å². The fourth-order valence-electron chi connectivity index (χ4n) is 3.63. The highest BCUT2D eigenvalue weighted by Gasteiger charge is 2.29. The average Bonchev–Trinajstić information content (AvgIpc) is 3.08. The lowest BCUT2D eigenvalue weighted by Crippen LogP contribution is -2.39. The lowest BCUT2D eigenvalue weighted by molar-refractivity contribution is 0.0902. The van der Waals surface area contributed by atoms with Gasteiger partial charge in [-0.25, -0.2) is 0 Å². The summed E-state index contributed by atoms with van der Waals surface area (Å²) in [5.41, 5.74) is 9.74. The Labute approximate surface area is 131 Å². The minimum Gasteiger partial charge on any atom is -0.450 e. The van der Waals surface area contributed by atoms with E-state index in [1.54, 1.807) is 0 Å². The van der Waals surface area contributed by atoms with Crippen LogP contribution < -0.4 is 11.1 Å². The Morgan fingerprint density at radius 3 is 2.68 bits per heavy atom. The third kappa shape index (κ3) is 2.41. The molecule has 1 amide bonds. The molecule has 0 bridgehead atoms. The Hall–Kier alpha value is -1.81. The molecule has 2 atom stereocenters. The first-order valence-electron chi connectivity index (χ1n) is 8.03. The molecule has 22 heavy (non-hydrogen) atoms. The maximum absolute atomic E-state index is 12.6. The van der Waals surface area contributed by atoms with Crippen LogP contribution in [0.5, 0.6) is 0 Å². The minimum absolute atomic E-state index is 0.113. The number of amides is 1. The van der Waals surface area contributed by atoms with Crippen LogP contribution in [-0.4, -0.2) is 18.5 Å². The van der Waals surface area contributed by atoms with Gasteiger partial charge in [0.15, 0.2) is 5.76 Å². The molecule has 0 radical (unpaired) electrons. The minimum atomic E-state index is -0.113. The number of nitrogens with two attached hydrogens (primary N) is 1. The van der Waals surface area contributed by atoms with Gasteiger partial charge in [-0.1, -0.05) is 18.6 Å². The van der Waals surface area contributed by atoms with Crippen LogP contribution in [0.1, 0.15) is 46.5 Å². The number of nitrogens with one attached hydrogen (secondary N) is 1. The molecule has 2 unspecified atom stereocenters. The molecule has 1 aliphatic carbocycles. The van der Waals surface area contributed by atoms with Crippen molar-refractivity contribution in [2.45, 2.75) is 46.1 Å². The van der Waals surface area contributed by atoms with Gasteiger partial charge in [-0.3, -0.25) is 4.79 Å². The summed E-state index contributed by atoms with van der Waals surface area (Å²) >= 11 is 0. The van der Waals surface area contributed by atoms with Gasteiger partial charge in [0, 0.05) is 17.0 Å². The maximum atomic E-state index is 12.6. The molecule has 1 saturated carbocycles. The second-order valence-corrected chi connectivity index (χ2v) is 6.47. The Morgan fingerprint density at radius 1 is 1.27 bits per heavy atom. The highest BCUT2D eigenvalue weighted by molar-refractivity contribution is 6.00. The number of hydrogen-bond donors (Lipinski definition) is 2. The van der Waals surface area contributed by atoms with Crippen LogP contribution >= 0.6 is 0 Å². The lowest BCUT2D eigenvalue weighted by atomic mass is 10.0. The zero-order valence-electron chi connectivity index (χ0n) is 13.5. The van der Waals surface area contributed by atoms with Gasteiger partial charge in [0.25, 0.3) is 5.91 Å². The predicted octanol–water partition coefficient (Wildman–Crippen LogP) is 3.22. The molecule has 2 aromatic rings. The zero-order chi connectivity index (χ0) is 15.9. The van der Waals surface area contributed by atoms with Crippen molar-refractivity contribution in [1.29, 1.82) is 0 Å². The summed E-state index contributed by atoms with van der Waals surface area (Å²) in [5, 5.41) is 4.19. The van der Waals surface area contributed by atoms with Gasteiger partial charge < -0.3 is 15.5 Å².